The molecular formula is C24H45CaNO. The molecule has 3 heteroatoms. The number of nitrogen functional groups attached to an aromatic ring is 1. The number of nitrogens with two attached hydrogens (primary N) is 1. The first-order valence-corrected chi connectivity index (χ1v) is 11.3. The van der Waals surface area contributed by atoms with Gasteiger partial charge in [-0.25, -0.2) is 0 Å². The van der Waals surface area contributed by atoms with Crippen LogP contribution in [-0.2, 0) is 0 Å². The number of benzene rings is 1. The Morgan fingerprint density at radius 2 is 0.963 bits per heavy atom. The molecule has 0 saturated carbocycles. The topological polar surface area (TPSA) is 35.2 Å². The van der Waals surface area contributed by atoms with Gasteiger partial charge < -0.3 is 10.5 Å². The molecule has 0 spiro atoms. The van der Waals surface area contributed by atoms with Crippen LogP contribution in [0, 0.1) is 0 Å². The van der Waals surface area contributed by atoms with Gasteiger partial charge in [-0.05, 0) is 30.7 Å². The summed E-state index contributed by atoms with van der Waals surface area (Å²) in [5.74, 6) is 0.931. The van der Waals surface area contributed by atoms with Crippen molar-refractivity contribution in [2.24, 2.45) is 0 Å². The Hall–Kier alpha value is 0.0797. The number of hydrogen-bond donors (Lipinski definition) is 1. The minimum absolute atomic E-state index is 0. The van der Waals surface area contributed by atoms with E-state index in [2.05, 4.69) is 6.92 Å². The van der Waals surface area contributed by atoms with Gasteiger partial charge in [-0.2, -0.15) is 0 Å². The number of rotatable bonds is 18. The number of anilines is 1. The van der Waals surface area contributed by atoms with Gasteiger partial charge in [-0.15, -0.1) is 0 Å². The van der Waals surface area contributed by atoms with Crippen LogP contribution in [0.2, 0.25) is 0 Å². The van der Waals surface area contributed by atoms with E-state index in [1.165, 1.54) is 96.3 Å². The summed E-state index contributed by atoms with van der Waals surface area (Å²) in [6.07, 6.45) is 22.4. The third kappa shape index (κ3) is 17.9. The molecule has 0 unspecified atom stereocenters. The zero-order valence-corrected chi connectivity index (χ0v) is 17.3. The van der Waals surface area contributed by atoms with Gasteiger partial charge in [0.25, 0.3) is 0 Å². The molecule has 1 aromatic rings. The van der Waals surface area contributed by atoms with Crippen molar-refractivity contribution in [2.45, 2.75) is 110 Å². The monoisotopic (exact) mass is 403 g/mol. The van der Waals surface area contributed by atoms with Crippen molar-refractivity contribution in [1.29, 1.82) is 0 Å². The molecule has 1 rings (SSSR count). The van der Waals surface area contributed by atoms with Crippen LogP contribution in [0.15, 0.2) is 24.3 Å². The molecule has 0 aliphatic carbocycles. The second-order valence-corrected chi connectivity index (χ2v) is 7.72. The van der Waals surface area contributed by atoms with E-state index < -0.39 is 0 Å². The van der Waals surface area contributed by atoms with Crippen molar-refractivity contribution in [1.82, 2.24) is 0 Å². The fourth-order valence-electron chi connectivity index (χ4n) is 3.40. The van der Waals surface area contributed by atoms with Gasteiger partial charge in [0.2, 0.25) is 0 Å². The Morgan fingerprint density at radius 3 is 1.37 bits per heavy atom. The molecule has 1 aromatic carbocycles. The molecule has 2 N–H and O–H groups in total. The second-order valence-electron chi connectivity index (χ2n) is 7.72. The summed E-state index contributed by atoms with van der Waals surface area (Å²) in [7, 11) is 0. The molecule has 0 amide bonds. The molecule has 2 nitrogen and oxygen atoms in total. The van der Waals surface area contributed by atoms with Gasteiger partial charge in [-0.3, -0.25) is 0 Å². The van der Waals surface area contributed by atoms with E-state index in [-0.39, 0.29) is 37.7 Å². The average molecular weight is 404 g/mol. The van der Waals surface area contributed by atoms with Gasteiger partial charge >= 0.3 is 37.7 Å². The third-order valence-electron chi connectivity index (χ3n) is 5.15. The van der Waals surface area contributed by atoms with Crippen molar-refractivity contribution in [3.63, 3.8) is 0 Å². The average Bonchev–Trinajstić information content (AvgIpc) is 2.66. The second kappa shape index (κ2) is 20.8. The molecule has 0 atom stereocenters. The summed E-state index contributed by atoms with van der Waals surface area (Å²) in [5, 5.41) is 0. The Morgan fingerprint density at radius 1 is 0.593 bits per heavy atom. The summed E-state index contributed by atoms with van der Waals surface area (Å²) in [5.41, 5.74) is 6.46. The normalized spacial score (nSPS) is 10.6. The van der Waals surface area contributed by atoms with Gasteiger partial charge in [0.1, 0.15) is 5.75 Å². The van der Waals surface area contributed by atoms with Gasteiger partial charge in [0.15, 0.2) is 0 Å². The fourth-order valence-corrected chi connectivity index (χ4v) is 3.40. The molecule has 154 valence electrons. The zero-order valence-electron chi connectivity index (χ0n) is 17.3. The summed E-state index contributed by atoms with van der Waals surface area (Å²) in [4.78, 5) is 0. The fraction of sp³-hybridized carbons (Fsp3) is 0.750. The Bertz CT molecular complexity index is 407. The predicted octanol–water partition coefficient (Wildman–Crippen LogP) is 6.99. The third-order valence-corrected chi connectivity index (χ3v) is 5.15. The van der Waals surface area contributed by atoms with Crippen molar-refractivity contribution in [3.05, 3.63) is 24.3 Å². The number of ether oxygens (including phenoxy) is 1. The minimum atomic E-state index is 0. The SMILES string of the molecule is CCCCCCCCCCCCCCCCCCOc1ccc(N)cc1.[CaH2]. The van der Waals surface area contributed by atoms with E-state index in [4.69, 9.17) is 10.5 Å². The summed E-state index contributed by atoms with van der Waals surface area (Å²) < 4.78 is 5.72. The van der Waals surface area contributed by atoms with Gasteiger partial charge in [-0.1, -0.05) is 103 Å². The van der Waals surface area contributed by atoms with Crippen molar-refractivity contribution in [2.75, 3.05) is 12.3 Å². The first kappa shape index (κ1) is 27.1. The molecule has 0 aliphatic heterocycles. The standard InChI is InChI=1S/C24H43NO.Ca.2H/c1-2-3-4-5-6-7-8-9-10-11-12-13-14-15-16-17-22-26-24-20-18-23(25)19-21-24;;;/h18-21H,2-17,22,25H2,1H3;;;. The molecule has 27 heavy (non-hydrogen) atoms. The van der Waals surface area contributed by atoms with E-state index in [0.29, 0.717) is 0 Å². The van der Waals surface area contributed by atoms with Crippen LogP contribution >= 0.6 is 0 Å². The summed E-state index contributed by atoms with van der Waals surface area (Å²) >= 11 is 0. The number of unbranched alkanes of at least 4 members (excludes halogenated alkanes) is 15. The zero-order chi connectivity index (χ0) is 18.7. The molecule has 0 aliphatic rings. The Balaban J connectivity index is 0.00000676. The van der Waals surface area contributed by atoms with Crippen molar-refractivity contribution in [3.8, 4) is 5.75 Å². The van der Waals surface area contributed by atoms with Crippen molar-refractivity contribution >= 4 is 43.4 Å². The van der Waals surface area contributed by atoms with Crippen LogP contribution in [0.5, 0.6) is 5.75 Å². The van der Waals surface area contributed by atoms with Crippen LogP contribution < -0.4 is 10.5 Å². The first-order chi connectivity index (χ1) is 12.8. The van der Waals surface area contributed by atoms with E-state index >= 15 is 0 Å². The molecule has 0 saturated heterocycles. The van der Waals surface area contributed by atoms with Crippen LogP contribution in [0.4, 0.5) is 5.69 Å². The summed E-state index contributed by atoms with van der Waals surface area (Å²) in [6.45, 7) is 3.11. The molecular weight excluding hydrogens is 358 g/mol. The van der Waals surface area contributed by atoms with Crippen LogP contribution in [0.1, 0.15) is 110 Å². The first-order valence-electron chi connectivity index (χ1n) is 11.3. The maximum absolute atomic E-state index is 5.72. The quantitative estimate of drug-likeness (QED) is 0.163. The molecule has 0 radical (unpaired) electrons. The van der Waals surface area contributed by atoms with E-state index in [0.717, 1.165) is 24.5 Å². The van der Waals surface area contributed by atoms with E-state index in [1.807, 2.05) is 24.3 Å². The van der Waals surface area contributed by atoms with Gasteiger partial charge in [0.05, 0.1) is 6.61 Å². The molecule has 0 bridgehead atoms. The summed E-state index contributed by atoms with van der Waals surface area (Å²) in [6, 6.07) is 7.68. The molecule has 0 aromatic heterocycles. The maximum atomic E-state index is 5.72. The van der Waals surface area contributed by atoms with Crippen LogP contribution in [0.25, 0.3) is 0 Å². The predicted molar refractivity (Wildman–Crippen MR) is 124 cm³/mol. The molecule has 0 fully saturated rings. The van der Waals surface area contributed by atoms with Crippen LogP contribution in [-0.4, -0.2) is 44.3 Å². The van der Waals surface area contributed by atoms with E-state index in [9.17, 15) is 0 Å². The van der Waals surface area contributed by atoms with Crippen LogP contribution in [0.3, 0.4) is 0 Å². The Labute approximate surface area is 199 Å². The van der Waals surface area contributed by atoms with Gasteiger partial charge in [0, 0.05) is 5.69 Å². The van der Waals surface area contributed by atoms with Crippen molar-refractivity contribution < 1.29 is 4.74 Å². The molecule has 0 heterocycles. The Kier molecular flexibility index (Phi) is 20.9. The number of hydrogen-bond acceptors (Lipinski definition) is 2. The van der Waals surface area contributed by atoms with E-state index in [1.54, 1.807) is 0 Å².